The van der Waals surface area contributed by atoms with E-state index in [1.807, 2.05) is 18.5 Å². The van der Waals surface area contributed by atoms with Crippen molar-refractivity contribution < 1.29 is 0 Å². The smallest absolute Gasteiger partial charge is 0.180 e. The molecule has 5 heterocycles. The van der Waals surface area contributed by atoms with E-state index in [0.29, 0.717) is 16.7 Å². The SMILES string of the molecule is CCN1CCC(Nc2c(Cl)cnc3nc(-c4ccc(N5CCN(c6cccnc6)CC5)cc4)[nH]c23)CC1. The number of hydrogen-bond donors (Lipinski definition) is 2. The number of hydrogen-bond acceptors (Lipinski definition) is 7. The first-order valence-corrected chi connectivity index (χ1v) is 13.6. The zero-order valence-electron chi connectivity index (χ0n) is 21.2. The number of pyridine rings is 2. The average molecular weight is 517 g/mol. The maximum atomic E-state index is 6.59. The lowest BCUT2D eigenvalue weighted by atomic mass is 10.0. The molecule has 2 aliphatic heterocycles. The Morgan fingerprint density at radius 2 is 1.68 bits per heavy atom. The van der Waals surface area contributed by atoms with Crippen molar-refractivity contribution in [1.29, 1.82) is 0 Å². The molecular formula is C28H33ClN8. The maximum Gasteiger partial charge on any atom is 0.180 e. The highest BCUT2D eigenvalue weighted by atomic mass is 35.5. The van der Waals surface area contributed by atoms with E-state index in [2.05, 4.69) is 72.2 Å². The average Bonchev–Trinajstić information content (AvgIpc) is 3.40. The number of rotatable bonds is 6. The Balaban J connectivity index is 1.16. The van der Waals surface area contributed by atoms with E-state index in [9.17, 15) is 0 Å². The van der Waals surface area contributed by atoms with Gasteiger partial charge in [-0.25, -0.2) is 9.97 Å². The van der Waals surface area contributed by atoms with Gasteiger partial charge in [0.15, 0.2) is 5.65 Å². The fourth-order valence-electron chi connectivity index (χ4n) is 5.40. The summed E-state index contributed by atoms with van der Waals surface area (Å²) in [6.07, 6.45) is 7.67. The molecule has 8 nitrogen and oxygen atoms in total. The van der Waals surface area contributed by atoms with Crippen molar-refractivity contribution in [3.05, 3.63) is 60.0 Å². The molecule has 0 saturated carbocycles. The molecule has 1 aromatic carbocycles. The van der Waals surface area contributed by atoms with Crippen LogP contribution in [0.5, 0.6) is 0 Å². The summed E-state index contributed by atoms with van der Waals surface area (Å²) in [6, 6.07) is 13.2. The van der Waals surface area contributed by atoms with E-state index in [4.69, 9.17) is 16.6 Å². The molecule has 3 aromatic heterocycles. The van der Waals surface area contributed by atoms with E-state index in [-0.39, 0.29) is 0 Å². The lowest BCUT2D eigenvalue weighted by Crippen LogP contribution is -2.46. The first-order chi connectivity index (χ1) is 18.2. The van der Waals surface area contributed by atoms with Crippen molar-refractivity contribution in [2.24, 2.45) is 0 Å². The van der Waals surface area contributed by atoms with Crippen LogP contribution in [0, 0.1) is 0 Å². The molecule has 2 saturated heterocycles. The summed E-state index contributed by atoms with van der Waals surface area (Å²) in [5, 5.41) is 4.31. The summed E-state index contributed by atoms with van der Waals surface area (Å²) in [5.41, 5.74) is 5.92. The minimum Gasteiger partial charge on any atom is -0.379 e. The second-order valence-electron chi connectivity index (χ2n) is 9.85. The number of halogens is 1. The van der Waals surface area contributed by atoms with Crippen LogP contribution in [0.15, 0.2) is 55.0 Å². The van der Waals surface area contributed by atoms with Crippen molar-refractivity contribution in [3.8, 4) is 11.4 Å². The Bertz CT molecular complexity index is 1320. The van der Waals surface area contributed by atoms with Crippen LogP contribution in [0.25, 0.3) is 22.6 Å². The molecule has 37 heavy (non-hydrogen) atoms. The molecule has 0 radical (unpaired) electrons. The Kier molecular flexibility index (Phi) is 6.85. The van der Waals surface area contributed by atoms with Crippen molar-refractivity contribution in [3.63, 3.8) is 0 Å². The fourth-order valence-corrected chi connectivity index (χ4v) is 5.60. The summed E-state index contributed by atoms with van der Waals surface area (Å²) < 4.78 is 0. The number of fused-ring (bicyclic) bond motifs is 1. The Hall–Kier alpha value is -3.36. The largest absolute Gasteiger partial charge is 0.379 e. The predicted octanol–water partition coefficient (Wildman–Crippen LogP) is 4.90. The fraction of sp³-hybridized carbons (Fsp3) is 0.393. The van der Waals surface area contributed by atoms with Crippen LogP contribution in [0.2, 0.25) is 5.02 Å². The molecule has 6 rings (SSSR count). The molecule has 0 bridgehead atoms. The minimum absolute atomic E-state index is 0.399. The van der Waals surface area contributed by atoms with E-state index in [1.54, 1.807) is 6.20 Å². The summed E-state index contributed by atoms with van der Waals surface area (Å²) >= 11 is 6.59. The number of nitrogens with zero attached hydrogens (tertiary/aromatic N) is 6. The zero-order chi connectivity index (χ0) is 25.2. The molecule has 192 valence electrons. The molecule has 0 atom stereocenters. The summed E-state index contributed by atoms with van der Waals surface area (Å²) in [5.74, 6) is 0.807. The van der Waals surface area contributed by atoms with Gasteiger partial charge in [-0.15, -0.1) is 0 Å². The number of anilines is 3. The third kappa shape index (κ3) is 5.08. The van der Waals surface area contributed by atoms with Crippen LogP contribution in [0.1, 0.15) is 19.8 Å². The van der Waals surface area contributed by atoms with Crippen LogP contribution < -0.4 is 15.1 Å². The lowest BCUT2D eigenvalue weighted by molar-refractivity contribution is 0.229. The highest BCUT2D eigenvalue weighted by Crippen LogP contribution is 2.32. The van der Waals surface area contributed by atoms with Gasteiger partial charge in [-0.2, -0.15) is 0 Å². The van der Waals surface area contributed by atoms with Crippen LogP contribution in [0.4, 0.5) is 17.1 Å². The molecule has 0 amide bonds. The Labute approximate surface area is 222 Å². The van der Waals surface area contributed by atoms with Gasteiger partial charge in [-0.1, -0.05) is 18.5 Å². The highest BCUT2D eigenvalue weighted by molar-refractivity contribution is 6.34. The van der Waals surface area contributed by atoms with Gasteiger partial charge in [-0.05, 0) is 55.8 Å². The molecule has 0 spiro atoms. The number of piperidine rings is 1. The van der Waals surface area contributed by atoms with Crippen molar-refractivity contribution in [1.82, 2.24) is 24.8 Å². The number of piperazine rings is 1. The molecule has 4 aromatic rings. The summed E-state index contributed by atoms with van der Waals surface area (Å²) in [7, 11) is 0. The monoisotopic (exact) mass is 516 g/mol. The first kappa shape index (κ1) is 24.0. The van der Waals surface area contributed by atoms with Gasteiger partial charge in [0, 0.05) is 62.8 Å². The van der Waals surface area contributed by atoms with Gasteiger partial charge in [0.25, 0.3) is 0 Å². The van der Waals surface area contributed by atoms with Crippen molar-refractivity contribution in [2.75, 3.05) is 60.9 Å². The quantitative estimate of drug-likeness (QED) is 0.377. The van der Waals surface area contributed by atoms with Gasteiger partial charge < -0.3 is 25.0 Å². The Morgan fingerprint density at radius 1 is 0.946 bits per heavy atom. The van der Waals surface area contributed by atoms with Crippen LogP contribution >= 0.6 is 11.6 Å². The van der Waals surface area contributed by atoms with Crippen LogP contribution in [-0.4, -0.2) is 76.7 Å². The second-order valence-corrected chi connectivity index (χ2v) is 10.3. The van der Waals surface area contributed by atoms with E-state index in [1.165, 1.54) is 11.4 Å². The third-order valence-electron chi connectivity index (χ3n) is 7.65. The molecule has 0 unspecified atom stereocenters. The molecular weight excluding hydrogens is 484 g/mol. The minimum atomic E-state index is 0.399. The predicted molar refractivity (Wildman–Crippen MR) is 152 cm³/mol. The van der Waals surface area contributed by atoms with Gasteiger partial charge in [0.2, 0.25) is 0 Å². The molecule has 0 aliphatic carbocycles. The number of benzene rings is 1. The van der Waals surface area contributed by atoms with E-state index in [0.717, 1.165) is 81.2 Å². The zero-order valence-corrected chi connectivity index (χ0v) is 22.0. The lowest BCUT2D eigenvalue weighted by Gasteiger charge is -2.37. The van der Waals surface area contributed by atoms with Crippen molar-refractivity contribution in [2.45, 2.75) is 25.8 Å². The first-order valence-electron chi connectivity index (χ1n) is 13.2. The van der Waals surface area contributed by atoms with Crippen molar-refractivity contribution >= 4 is 39.8 Å². The highest BCUT2D eigenvalue weighted by Gasteiger charge is 2.22. The standard InChI is InChI=1S/C28H33ClN8/c1-2-35-12-9-21(10-13-35)32-25-24(29)19-31-28-26(25)33-27(34-28)20-5-7-22(8-6-20)36-14-16-37(17-15-36)23-4-3-11-30-18-23/h3-8,11,18-19,21H,2,9-10,12-17H2,1H3,(H2,31,32,33,34). The topological polar surface area (TPSA) is 76.2 Å². The normalized spacial score (nSPS) is 17.5. The van der Waals surface area contributed by atoms with Crippen LogP contribution in [0.3, 0.4) is 0 Å². The molecule has 2 aliphatic rings. The number of imidazole rings is 1. The van der Waals surface area contributed by atoms with Crippen LogP contribution in [-0.2, 0) is 0 Å². The van der Waals surface area contributed by atoms with Gasteiger partial charge >= 0.3 is 0 Å². The molecule has 2 N–H and O–H groups in total. The third-order valence-corrected chi connectivity index (χ3v) is 7.94. The number of likely N-dealkylation sites (tertiary alicyclic amines) is 1. The number of nitrogens with one attached hydrogen (secondary N) is 2. The molecule has 9 heteroatoms. The summed E-state index contributed by atoms with van der Waals surface area (Å²) in [4.78, 5) is 24.3. The van der Waals surface area contributed by atoms with E-state index >= 15 is 0 Å². The number of H-pyrrole nitrogens is 1. The van der Waals surface area contributed by atoms with E-state index < -0.39 is 0 Å². The maximum absolute atomic E-state index is 6.59. The second kappa shape index (κ2) is 10.6. The summed E-state index contributed by atoms with van der Waals surface area (Å²) in [6.45, 7) is 9.48. The van der Waals surface area contributed by atoms with Gasteiger partial charge in [0.1, 0.15) is 11.3 Å². The molecule has 2 fully saturated rings. The Morgan fingerprint density at radius 3 is 2.35 bits per heavy atom. The van der Waals surface area contributed by atoms with Gasteiger partial charge in [-0.3, -0.25) is 4.98 Å². The number of aromatic nitrogens is 4. The van der Waals surface area contributed by atoms with Gasteiger partial charge in [0.05, 0.1) is 28.8 Å². The number of aromatic amines is 1.